The van der Waals surface area contributed by atoms with Crippen LogP contribution in [-0.4, -0.2) is 12.3 Å². The standard InChI is InChI=1S/C6H8FN2O/c1-3-10-6-5(7)4(2)8-9-6/h3H2,1-2H3. The van der Waals surface area contributed by atoms with Crippen molar-refractivity contribution in [1.29, 1.82) is 0 Å². The molecular formula is C6H8FN2O. The van der Waals surface area contributed by atoms with Gasteiger partial charge in [-0.2, -0.15) is 4.39 Å². The van der Waals surface area contributed by atoms with Crippen molar-refractivity contribution in [3.63, 3.8) is 0 Å². The zero-order valence-corrected chi connectivity index (χ0v) is 5.89. The molecule has 10 heavy (non-hydrogen) atoms. The van der Waals surface area contributed by atoms with Crippen LogP contribution in [0.25, 0.3) is 0 Å². The minimum Gasteiger partial charge on any atom is -0.475 e. The van der Waals surface area contributed by atoms with Crippen molar-refractivity contribution in [2.75, 3.05) is 6.61 Å². The van der Waals surface area contributed by atoms with E-state index in [0.717, 1.165) is 0 Å². The van der Waals surface area contributed by atoms with Gasteiger partial charge in [0, 0.05) is 0 Å². The van der Waals surface area contributed by atoms with Crippen molar-refractivity contribution in [2.24, 2.45) is 5.10 Å². The second-order valence-electron chi connectivity index (χ2n) is 1.84. The molecule has 0 aromatic rings. The first-order chi connectivity index (χ1) is 4.75. The van der Waals surface area contributed by atoms with Gasteiger partial charge in [0.2, 0.25) is 5.83 Å². The molecule has 0 amide bonds. The van der Waals surface area contributed by atoms with Crippen molar-refractivity contribution >= 4 is 5.71 Å². The largest absolute Gasteiger partial charge is 0.475 e. The number of allylic oxidation sites excluding steroid dienone is 1. The highest BCUT2D eigenvalue weighted by Crippen LogP contribution is 2.14. The zero-order chi connectivity index (χ0) is 7.56. The molecule has 1 aliphatic rings. The second kappa shape index (κ2) is 2.68. The first kappa shape index (κ1) is 7.05. The van der Waals surface area contributed by atoms with Crippen molar-refractivity contribution in [3.05, 3.63) is 11.7 Å². The average Bonchev–Trinajstić information content (AvgIpc) is 2.20. The molecule has 0 spiro atoms. The van der Waals surface area contributed by atoms with Crippen LogP contribution < -0.4 is 5.43 Å². The Labute approximate surface area is 58.6 Å². The van der Waals surface area contributed by atoms with E-state index in [1.807, 2.05) is 0 Å². The lowest BCUT2D eigenvalue weighted by atomic mass is 10.4. The summed E-state index contributed by atoms with van der Waals surface area (Å²) in [5.41, 5.74) is 3.74. The van der Waals surface area contributed by atoms with Crippen molar-refractivity contribution < 1.29 is 9.13 Å². The van der Waals surface area contributed by atoms with Crippen LogP contribution >= 0.6 is 0 Å². The predicted molar refractivity (Wildman–Crippen MR) is 35.0 cm³/mol. The third kappa shape index (κ3) is 1.10. The highest BCUT2D eigenvalue weighted by Gasteiger charge is 2.18. The Bertz CT molecular complexity index is 198. The minimum atomic E-state index is -0.457. The third-order valence-corrected chi connectivity index (χ3v) is 1.08. The summed E-state index contributed by atoms with van der Waals surface area (Å²) in [6, 6.07) is 0. The maximum absolute atomic E-state index is 12.7. The summed E-state index contributed by atoms with van der Waals surface area (Å²) in [6.45, 7) is 3.73. The first-order valence-corrected chi connectivity index (χ1v) is 3.04. The molecule has 0 unspecified atom stereocenters. The summed E-state index contributed by atoms with van der Waals surface area (Å²) in [5.74, 6) is -0.457. The molecule has 0 N–H and O–H groups in total. The van der Waals surface area contributed by atoms with E-state index in [4.69, 9.17) is 4.74 Å². The summed E-state index contributed by atoms with van der Waals surface area (Å²) in [4.78, 5) is 0. The van der Waals surface area contributed by atoms with E-state index in [9.17, 15) is 4.39 Å². The van der Waals surface area contributed by atoms with Gasteiger partial charge in [0.05, 0.1) is 6.61 Å². The van der Waals surface area contributed by atoms with Gasteiger partial charge in [0.25, 0.3) is 5.88 Å². The van der Waals surface area contributed by atoms with Gasteiger partial charge in [-0.1, -0.05) is 0 Å². The van der Waals surface area contributed by atoms with E-state index >= 15 is 0 Å². The van der Waals surface area contributed by atoms with E-state index < -0.39 is 5.83 Å². The van der Waals surface area contributed by atoms with Crippen LogP contribution in [0.3, 0.4) is 0 Å². The molecule has 55 valence electrons. The van der Waals surface area contributed by atoms with Crippen molar-refractivity contribution in [2.45, 2.75) is 13.8 Å². The molecule has 0 aromatic carbocycles. The van der Waals surface area contributed by atoms with Crippen LogP contribution in [0, 0.1) is 0 Å². The van der Waals surface area contributed by atoms with Crippen LogP contribution in [0.5, 0.6) is 0 Å². The number of rotatable bonds is 2. The molecule has 0 saturated heterocycles. The number of nitrogens with zero attached hydrogens (tertiary/aromatic N) is 2. The zero-order valence-electron chi connectivity index (χ0n) is 5.89. The Morgan fingerprint density at radius 1 is 1.60 bits per heavy atom. The van der Waals surface area contributed by atoms with E-state index in [2.05, 4.69) is 10.5 Å². The number of hydrogen-bond donors (Lipinski definition) is 0. The molecule has 0 saturated carbocycles. The molecule has 4 heteroatoms. The highest BCUT2D eigenvalue weighted by atomic mass is 19.1. The monoisotopic (exact) mass is 143 g/mol. The third-order valence-electron chi connectivity index (χ3n) is 1.08. The lowest BCUT2D eigenvalue weighted by Gasteiger charge is -1.98. The molecule has 1 aliphatic heterocycles. The van der Waals surface area contributed by atoms with Gasteiger partial charge in [-0.05, 0) is 13.8 Å². The molecule has 0 atom stereocenters. The van der Waals surface area contributed by atoms with Crippen LogP contribution in [-0.2, 0) is 4.74 Å². The van der Waals surface area contributed by atoms with Crippen LogP contribution in [0.4, 0.5) is 4.39 Å². The smallest absolute Gasteiger partial charge is 0.271 e. The SMILES string of the molecule is CCOC1=C(F)C(C)=N[N]1. The lowest BCUT2D eigenvalue weighted by molar-refractivity contribution is 0.200. The summed E-state index contributed by atoms with van der Waals surface area (Å²) >= 11 is 0. The van der Waals surface area contributed by atoms with Gasteiger partial charge in [-0.3, -0.25) is 0 Å². The quantitative estimate of drug-likeness (QED) is 0.571. The Morgan fingerprint density at radius 2 is 2.30 bits per heavy atom. The highest BCUT2D eigenvalue weighted by molar-refractivity contribution is 5.97. The average molecular weight is 143 g/mol. The van der Waals surface area contributed by atoms with E-state index in [-0.39, 0.29) is 11.6 Å². The predicted octanol–water partition coefficient (Wildman–Crippen LogP) is 1.16. The molecular weight excluding hydrogens is 135 g/mol. The molecule has 0 aromatic heterocycles. The number of hydrogen-bond acceptors (Lipinski definition) is 2. The van der Waals surface area contributed by atoms with E-state index in [0.29, 0.717) is 6.61 Å². The normalized spacial score (nSPS) is 16.9. The molecule has 1 rings (SSSR count). The number of ether oxygens (including phenoxy) is 1. The fourth-order valence-corrected chi connectivity index (χ4v) is 0.592. The molecule has 3 nitrogen and oxygen atoms in total. The number of halogens is 1. The molecule has 0 aliphatic carbocycles. The Hall–Kier alpha value is -1.06. The second-order valence-corrected chi connectivity index (χ2v) is 1.84. The van der Waals surface area contributed by atoms with E-state index in [1.165, 1.54) is 0 Å². The van der Waals surface area contributed by atoms with Crippen LogP contribution in [0.2, 0.25) is 0 Å². The lowest BCUT2D eigenvalue weighted by Crippen LogP contribution is -1.99. The summed E-state index contributed by atoms with van der Waals surface area (Å²) < 4.78 is 17.5. The Morgan fingerprint density at radius 3 is 2.70 bits per heavy atom. The Balaban J connectivity index is 2.64. The van der Waals surface area contributed by atoms with Gasteiger partial charge >= 0.3 is 0 Å². The molecule has 0 bridgehead atoms. The summed E-state index contributed by atoms with van der Waals surface area (Å²) in [7, 11) is 0. The van der Waals surface area contributed by atoms with Gasteiger partial charge < -0.3 is 4.74 Å². The van der Waals surface area contributed by atoms with Gasteiger partial charge in [-0.15, -0.1) is 10.5 Å². The van der Waals surface area contributed by atoms with Gasteiger partial charge in [0.1, 0.15) is 5.71 Å². The molecule has 1 radical (unpaired) electrons. The topological polar surface area (TPSA) is 35.7 Å². The van der Waals surface area contributed by atoms with E-state index in [1.54, 1.807) is 13.8 Å². The van der Waals surface area contributed by atoms with Gasteiger partial charge in [-0.25, -0.2) is 0 Å². The van der Waals surface area contributed by atoms with Crippen molar-refractivity contribution in [1.82, 2.24) is 5.43 Å². The maximum atomic E-state index is 12.7. The van der Waals surface area contributed by atoms with Gasteiger partial charge in [0.15, 0.2) is 0 Å². The maximum Gasteiger partial charge on any atom is 0.271 e. The van der Waals surface area contributed by atoms with Crippen LogP contribution in [0.15, 0.2) is 16.8 Å². The first-order valence-electron chi connectivity index (χ1n) is 3.04. The molecule has 1 heterocycles. The summed E-state index contributed by atoms with van der Waals surface area (Å²) in [5, 5.41) is 3.48. The Kier molecular flexibility index (Phi) is 1.89. The fraction of sp³-hybridized carbons (Fsp3) is 0.500. The van der Waals surface area contributed by atoms with Crippen molar-refractivity contribution in [3.8, 4) is 0 Å². The fourth-order valence-electron chi connectivity index (χ4n) is 0.592. The molecule has 0 fully saturated rings. The summed E-state index contributed by atoms with van der Waals surface area (Å²) in [6.07, 6.45) is 0. The minimum absolute atomic E-state index is 0.000000000000000222. The van der Waals surface area contributed by atoms with Crippen LogP contribution in [0.1, 0.15) is 13.8 Å².